The highest BCUT2D eigenvalue weighted by Gasteiger charge is 2.34. The molecule has 0 unspecified atom stereocenters. The van der Waals surface area contributed by atoms with Gasteiger partial charge in [-0.3, -0.25) is 18.9 Å². The second-order valence-corrected chi connectivity index (χ2v) is 12.8. The van der Waals surface area contributed by atoms with Crippen LogP contribution in [0.5, 0.6) is 5.75 Å². The Morgan fingerprint density at radius 2 is 1.78 bits per heavy atom. The van der Waals surface area contributed by atoms with Gasteiger partial charge in [-0.15, -0.1) is 0 Å². The zero-order valence-electron chi connectivity index (χ0n) is 26.5. The lowest BCUT2D eigenvalue weighted by Gasteiger charge is -2.32. The highest BCUT2D eigenvalue weighted by molar-refractivity contribution is 7.60. The average molecular weight is 654 g/mol. The first-order chi connectivity index (χ1) is 21.1. The van der Waals surface area contributed by atoms with Gasteiger partial charge >= 0.3 is 13.8 Å². The molecular formula is C30H44N3O11P. The molecule has 14 nitrogen and oxygen atoms in total. The van der Waals surface area contributed by atoms with E-state index in [2.05, 4.69) is 10.6 Å². The Labute approximate surface area is 262 Å². The molecule has 0 fully saturated rings. The predicted octanol–water partition coefficient (Wildman–Crippen LogP) is 4.25. The Bertz CT molecular complexity index is 1350. The van der Waals surface area contributed by atoms with Gasteiger partial charge in [0.15, 0.2) is 5.76 Å². The van der Waals surface area contributed by atoms with Crippen LogP contribution in [0.3, 0.4) is 0 Å². The van der Waals surface area contributed by atoms with E-state index in [4.69, 9.17) is 18.7 Å². The molecule has 0 saturated carbocycles. The van der Waals surface area contributed by atoms with Crippen molar-refractivity contribution in [3.8, 4) is 17.1 Å². The smallest absolute Gasteiger partial charge is 0.494 e. The van der Waals surface area contributed by atoms with Crippen LogP contribution in [-0.4, -0.2) is 64.1 Å². The van der Waals surface area contributed by atoms with Gasteiger partial charge in [-0.05, 0) is 70.9 Å². The molecule has 0 radical (unpaired) electrons. The number of nitrogens with one attached hydrogen (secondary N) is 2. The van der Waals surface area contributed by atoms with Gasteiger partial charge < -0.3 is 39.1 Å². The van der Waals surface area contributed by atoms with E-state index in [9.17, 15) is 33.5 Å². The molecule has 2 aromatic rings. The van der Waals surface area contributed by atoms with Crippen molar-refractivity contribution in [2.45, 2.75) is 85.3 Å². The van der Waals surface area contributed by atoms with Crippen LogP contribution in [0.25, 0.3) is 11.3 Å². The highest BCUT2D eigenvalue weighted by atomic mass is 31.2. The Kier molecular flexibility index (Phi) is 14.1. The van der Waals surface area contributed by atoms with Gasteiger partial charge in [-0.25, -0.2) is 4.79 Å². The van der Waals surface area contributed by atoms with Gasteiger partial charge in [0.05, 0.1) is 30.5 Å². The van der Waals surface area contributed by atoms with E-state index in [0.717, 1.165) is 17.9 Å². The van der Waals surface area contributed by atoms with Crippen molar-refractivity contribution in [2.75, 3.05) is 13.3 Å². The van der Waals surface area contributed by atoms with Crippen molar-refractivity contribution in [1.29, 1.82) is 0 Å². The molecule has 1 aromatic heterocycles. The third kappa shape index (κ3) is 11.9. The molecule has 45 heavy (non-hydrogen) atoms. The molecule has 1 heterocycles. The van der Waals surface area contributed by atoms with E-state index in [1.807, 2.05) is 6.92 Å². The van der Waals surface area contributed by atoms with Crippen molar-refractivity contribution >= 4 is 37.3 Å². The summed E-state index contributed by atoms with van der Waals surface area (Å²) >= 11 is 0. The van der Waals surface area contributed by atoms with Crippen LogP contribution in [0.1, 0.15) is 84.2 Å². The zero-order chi connectivity index (χ0) is 33.8. The summed E-state index contributed by atoms with van der Waals surface area (Å²) in [6.07, 6.45) is 2.37. The Morgan fingerprint density at radius 1 is 1.07 bits per heavy atom. The van der Waals surface area contributed by atoms with E-state index >= 15 is 0 Å². The number of furan rings is 1. The first-order valence-corrected chi connectivity index (χ1v) is 16.4. The zero-order valence-corrected chi connectivity index (χ0v) is 27.4. The Hall–Kier alpha value is -3.87. The van der Waals surface area contributed by atoms with Gasteiger partial charge in [0.25, 0.3) is 5.91 Å². The number of rotatable bonds is 17. The highest BCUT2D eigenvalue weighted by Crippen LogP contribution is 2.37. The van der Waals surface area contributed by atoms with E-state index < -0.39 is 43.1 Å². The van der Waals surface area contributed by atoms with Crippen LogP contribution in [-0.2, 0) is 23.7 Å². The third-order valence-corrected chi connectivity index (χ3v) is 7.43. The second kappa shape index (κ2) is 17.0. The summed E-state index contributed by atoms with van der Waals surface area (Å²) in [6, 6.07) is 6.08. The maximum Gasteiger partial charge on any atom is 0.534 e. The van der Waals surface area contributed by atoms with Gasteiger partial charge in [0.2, 0.25) is 12.3 Å². The lowest BCUT2D eigenvalue weighted by atomic mass is 9.90. The molecule has 15 heteroatoms. The molecule has 250 valence electrons. The van der Waals surface area contributed by atoms with Gasteiger partial charge in [-0.2, -0.15) is 5.06 Å². The lowest BCUT2D eigenvalue weighted by molar-refractivity contribution is -0.182. The van der Waals surface area contributed by atoms with Crippen LogP contribution in [0.4, 0.5) is 4.79 Å². The largest absolute Gasteiger partial charge is 0.534 e. The van der Waals surface area contributed by atoms with E-state index in [0.29, 0.717) is 31.2 Å². The van der Waals surface area contributed by atoms with Crippen LogP contribution in [0, 0.1) is 5.92 Å². The topological polar surface area (TPSA) is 194 Å². The van der Waals surface area contributed by atoms with Crippen LogP contribution in [0.15, 0.2) is 34.7 Å². The number of hydroxylamine groups is 2. The fraction of sp³-hybridized carbons (Fsp3) is 0.533. The standard InChI is InChI=1S/C30H44N3O11P/c1-7-10-11-12-23(24(8-2)33(19-34)44-29(37)43-30(4,5)6)27(35)31-18-32-28(36)26-14-13-25(42-26)20-15-21(41-9-3)17-22(16-20)45(38,39)40/h13-17,19,23-24H,7-12,18H2,1-6H3,(H,31,35)(H,32,36)(H2,38,39,40)/t23-,24-/m1/s1. The summed E-state index contributed by atoms with van der Waals surface area (Å²) in [4.78, 5) is 74.7. The van der Waals surface area contributed by atoms with Crippen molar-refractivity contribution in [3.05, 3.63) is 36.1 Å². The molecule has 0 bridgehead atoms. The average Bonchev–Trinajstić information content (AvgIpc) is 3.45. The van der Waals surface area contributed by atoms with Crippen molar-refractivity contribution in [1.82, 2.24) is 15.7 Å². The van der Waals surface area contributed by atoms with Crippen LogP contribution in [0.2, 0.25) is 0 Å². The number of benzene rings is 1. The second-order valence-electron chi connectivity index (χ2n) is 11.2. The normalized spacial score (nSPS) is 12.9. The summed E-state index contributed by atoms with van der Waals surface area (Å²) in [7, 11) is -4.60. The molecule has 2 rings (SSSR count). The SMILES string of the molecule is CCCCC[C@@H](C(=O)NCNC(=O)c1ccc(-c2cc(OCC)cc(P(=O)(O)O)c2)o1)[C@@H](CC)N(C=O)OC(=O)OC(C)(C)C. The van der Waals surface area contributed by atoms with Gasteiger partial charge in [0.1, 0.15) is 17.1 Å². The molecule has 0 saturated heterocycles. The number of unbranched alkanes of at least 4 members (excludes halogenated alkanes) is 2. The minimum atomic E-state index is -4.60. The van der Waals surface area contributed by atoms with Crippen LogP contribution >= 0.6 is 7.60 Å². The van der Waals surface area contributed by atoms with E-state index in [1.54, 1.807) is 34.6 Å². The maximum atomic E-state index is 13.3. The molecule has 0 aliphatic rings. The van der Waals surface area contributed by atoms with Crippen LogP contribution < -0.4 is 20.7 Å². The summed E-state index contributed by atoms with van der Waals surface area (Å²) < 4.78 is 28.0. The predicted molar refractivity (Wildman–Crippen MR) is 164 cm³/mol. The number of carbonyl (C=O) groups excluding carboxylic acids is 4. The Balaban J connectivity index is 2.13. The maximum absolute atomic E-state index is 13.3. The first kappa shape index (κ1) is 37.3. The van der Waals surface area contributed by atoms with Crippen molar-refractivity contribution < 1.29 is 52.3 Å². The van der Waals surface area contributed by atoms with Crippen molar-refractivity contribution in [3.63, 3.8) is 0 Å². The summed E-state index contributed by atoms with van der Waals surface area (Å²) in [5, 5.41) is 5.72. The molecule has 1 aromatic carbocycles. The first-order valence-electron chi connectivity index (χ1n) is 14.8. The van der Waals surface area contributed by atoms with E-state index in [1.165, 1.54) is 30.3 Å². The molecule has 0 aliphatic carbocycles. The molecule has 0 spiro atoms. The lowest BCUT2D eigenvalue weighted by Crippen LogP contribution is -2.49. The van der Waals surface area contributed by atoms with E-state index in [-0.39, 0.29) is 35.9 Å². The number of carbonyl (C=O) groups is 4. The fourth-order valence-corrected chi connectivity index (χ4v) is 5.07. The minimum Gasteiger partial charge on any atom is -0.494 e. The number of hydrogen-bond donors (Lipinski definition) is 4. The number of hydrogen-bond acceptors (Lipinski definition) is 9. The third-order valence-electron chi connectivity index (χ3n) is 6.50. The minimum absolute atomic E-state index is 0.109. The molecular weight excluding hydrogens is 609 g/mol. The summed E-state index contributed by atoms with van der Waals surface area (Å²) in [5.74, 6) is -1.60. The fourth-order valence-electron chi connectivity index (χ4n) is 4.47. The summed E-state index contributed by atoms with van der Waals surface area (Å²) in [6.45, 7) is 10.4. The molecule has 4 N–H and O–H groups in total. The number of ether oxygens (including phenoxy) is 2. The molecule has 2 atom stereocenters. The Morgan fingerprint density at radius 3 is 2.36 bits per heavy atom. The van der Waals surface area contributed by atoms with Gasteiger partial charge in [0, 0.05) is 5.56 Å². The number of amides is 3. The monoisotopic (exact) mass is 653 g/mol. The van der Waals surface area contributed by atoms with Gasteiger partial charge in [-0.1, -0.05) is 33.1 Å². The number of nitrogens with zero attached hydrogens (tertiary/aromatic N) is 1. The van der Waals surface area contributed by atoms with Crippen molar-refractivity contribution in [2.24, 2.45) is 5.92 Å². The molecule has 3 amide bonds. The molecule has 0 aliphatic heterocycles. The summed E-state index contributed by atoms with van der Waals surface area (Å²) in [5.41, 5.74) is -0.558. The quantitative estimate of drug-likeness (QED) is 0.0476.